The standard InChI is InChI=1S/C22H24N6O4/c1-2-22(31)18(30)16(10-29)32-21(22)28-12-27-17-19(25-11-26-20(17)28)23-8-7-13-9-24-15-6-4-3-5-14(13)15/h2-6,9,11-13,16,18,21,29-31H,1,7-8,10H2,(H,23,25,26)/t13?,16-,18-,21-,22-/m1/s1. The lowest BCUT2D eigenvalue weighted by molar-refractivity contribution is -0.0771. The fourth-order valence-electron chi connectivity index (χ4n) is 4.34. The molecule has 2 aliphatic rings. The van der Waals surface area contributed by atoms with Crippen molar-refractivity contribution < 1.29 is 20.1 Å². The summed E-state index contributed by atoms with van der Waals surface area (Å²) in [6.07, 6.45) is 3.52. The lowest BCUT2D eigenvalue weighted by Gasteiger charge is -2.28. The molecular weight excluding hydrogens is 412 g/mol. The van der Waals surface area contributed by atoms with Crippen LogP contribution in [-0.2, 0) is 4.74 Å². The molecule has 4 N–H and O–H groups in total. The van der Waals surface area contributed by atoms with E-state index in [2.05, 4.69) is 37.9 Å². The largest absolute Gasteiger partial charge is 0.394 e. The second kappa shape index (κ2) is 8.06. The highest BCUT2D eigenvalue weighted by Crippen LogP contribution is 2.40. The molecule has 3 aromatic rings. The first-order chi connectivity index (χ1) is 15.6. The van der Waals surface area contributed by atoms with E-state index in [0.717, 1.165) is 12.1 Å². The summed E-state index contributed by atoms with van der Waals surface area (Å²) in [5, 5.41) is 34.1. The van der Waals surface area contributed by atoms with Gasteiger partial charge in [-0.15, -0.1) is 0 Å². The molecule has 2 aromatic heterocycles. The van der Waals surface area contributed by atoms with Crippen LogP contribution in [0, 0.1) is 0 Å². The zero-order valence-electron chi connectivity index (χ0n) is 17.2. The third-order valence-corrected chi connectivity index (χ3v) is 6.12. The molecule has 166 valence electrons. The molecule has 0 radical (unpaired) electrons. The molecule has 5 rings (SSSR count). The van der Waals surface area contributed by atoms with Crippen LogP contribution in [0.1, 0.15) is 24.1 Å². The maximum absolute atomic E-state index is 10.9. The van der Waals surface area contributed by atoms with Crippen molar-refractivity contribution >= 4 is 28.9 Å². The Morgan fingerprint density at radius 1 is 1.25 bits per heavy atom. The summed E-state index contributed by atoms with van der Waals surface area (Å²) in [4.78, 5) is 17.5. The lowest BCUT2D eigenvalue weighted by Crippen LogP contribution is -2.45. The van der Waals surface area contributed by atoms with E-state index in [1.165, 1.54) is 28.9 Å². The van der Waals surface area contributed by atoms with Crippen molar-refractivity contribution in [2.45, 2.75) is 36.4 Å². The Morgan fingerprint density at radius 3 is 2.91 bits per heavy atom. The van der Waals surface area contributed by atoms with Gasteiger partial charge in [-0.2, -0.15) is 0 Å². The number of aliphatic hydroxyl groups excluding tert-OH is 2. The molecule has 1 unspecified atom stereocenters. The number of imidazole rings is 1. The minimum atomic E-state index is -1.81. The fraction of sp³-hybridized carbons (Fsp3) is 0.364. The molecule has 5 atom stereocenters. The van der Waals surface area contributed by atoms with Crippen molar-refractivity contribution in [3.05, 3.63) is 55.1 Å². The molecule has 2 aliphatic heterocycles. The number of ether oxygens (including phenoxy) is 1. The smallest absolute Gasteiger partial charge is 0.172 e. The lowest BCUT2D eigenvalue weighted by atomic mass is 9.94. The number of aliphatic hydroxyl groups is 3. The first-order valence-corrected chi connectivity index (χ1v) is 10.4. The highest BCUT2D eigenvalue weighted by atomic mass is 16.6. The number of nitrogens with one attached hydrogen (secondary N) is 1. The van der Waals surface area contributed by atoms with Gasteiger partial charge in [-0.3, -0.25) is 9.56 Å². The summed E-state index contributed by atoms with van der Waals surface area (Å²) < 4.78 is 7.23. The Labute approximate surface area is 184 Å². The number of fused-ring (bicyclic) bond motifs is 2. The quantitative estimate of drug-likeness (QED) is 0.407. The highest BCUT2D eigenvalue weighted by molar-refractivity contribution is 5.83. The molecule has 4 heterocycles. The van der Waals surface area contributed by atoms with Crippen molar-refractivity contribution in [2.75, 3.05) is 18.5 Å². The van der Waals surface area contributed by atoms with Crippen molar-refractivity contribution in [1.82, 2.24) is 19.5 Å². The number of benzene rings is 1. The van der Waals surface area contributed by atoms with E-state index >= 15 is 0 Å². The van der Waals surface area contributed by atoms with Crippen LogP contribution in [0.4, 0.5) is 11.5 Å². The number of hydrogen-bond acceptors (Lipinski definition) is 9. The second-order valence-corrected chi connectivity index (χ2v) is 7.95. The highest BCUT2D eigenvalue weighted by Gasteiger charge is 2.54. The van der Waals surface area contributed by atoms with Crippen LogP contribution < -0.4 is 5.32 Å². The average Bonchev–Trinajstić information content (AvgIpc) is 3.50. The Balaban J connectivity index is 1.36. The zero-order valence-corrected chi connectivity index (χ0v) is 17.2. The van der Waals surface area contributed by atoms with E-state index in [-0.39, 0.29) is 5.92 Å². The van der Waals surface area contributed by atoms with Gasteiger partial charge < -0.3 is 25.4 Å². The molecule has 32 heavy (non-hydrogen) atoms. The zero-order chi connectivity index (χ0) is 22.3. The SMILES string of the molecule is C=C[C@@]1(O)[C@H](O)[C@@H](CO)O[C@H]1n1cnc2c(NCCC3C=Nc4ccccc43)ncnc21. The third kappa shape index (κ3) is 3.19. The Kier molecular flexibility index (Phi) is 5.22. The van der Waals surface area contributed by atoms with Crippen molar-refractivity contribution in [3.63, 3.8) is 0 Å². The Morgan fingerprint density at radius 2 is 2.09 bits per heavy atom. The minimum absolute atomic E-state index is 0.236. The van der Waals surface area contributed by atoms with Gasteiger partial charge in [-0.1, -0.05) is 30.9 Å². The summed E-state index contributed by atoms with van der Waals surface area (Å²) in [6, 6.07) is 8.10. The summed E-state index contributed by atoms with van der Waals surface area (Å²) >= 11 is 0. The maximum atomic E-state index is 10.9. The predicted molar refractivity (Wildman–Crippen MR) is 118 cm³/mol. The van der Waals surface area contributed by atoms with Gasteiger partial charge in [-0.05, 0) is 18.1 Å². The molecule has 10 nitrogen and oxygen atoms in total. The summed E-state index contributed by atoms with van der Waals surface area (Å²) in [7, 11) is 0. The van der Waals surface area contributed by atoms with E-state index in [0.29, 0.717) is 23.5 Å². The van der Waals surface area contributed by atoms with Crippen molar-refractivity contribution in [3.8, 4) is 0 Å². The molecule has 10 heteroatoms. The van der Waals surface area contributed by atoms with Crippen LogP contribution in [0.25, 0.3) is 11.2 Å². The van der Waals surface area contributed by atoms with Gasteiger partial charge in [0.05, 0.1) is 18.6 Å². The maximum Gasteiger partial charge on any atom is 0.172 e. The molecule has 0 aliphatic carbocycles. The van der Waals surface area contributed by atoms with Crippen LogP contribution in [0.2, 0.25) is 0 Å². The van der Waals surface area contributed by atoms with Crippen LogP contribution in [-0.4, -0.2) is 72.0 Å². The third-order valence-electron chi connectivity index (χ3n) is 6.12. The van der Waals surface area contributed by atoms with Crippen LogP contribution >= 0.6 is 0 Å². The Hall–Kier alpha value is -3.18. The molecule has 0 saturated carbocycles. The van der Waals surface area contributed by atoms with Crippen LogP contribution in [0.5, 0.6) is 0 Å². The first kappa shape index (κ1) is 20.7. The second-order valence-electron chi connectivity index (χ2n) is 7.95. The molecule has 0 spiro atoms. The fourth-order valence-corrected chi connectivity index (χ4v) is 4.34. The average molecular weight is 436 g/mol. The number of nitrogens with zero attached hydrogens (tertiary/aromatic N) is 5. The number of hydrogen-bond donors (Lipinski definition) is 4. The first-order valence-electron chi connectivity index (χ1n) is 10.4. The van der Waals surface area contributed by atoms with Gasteiger partial charge in [0.15, 0.2) is 28.8 Å². The van der Waals surface area contributed by atoms with E-state index in [9.17, 15) is 15.3 Å². The van der Waals surface area contributed by atoms with Gasteiger partial charge in [-0.25, -0.2) is 15.0 Å². The topological polar surface area (TPSA) is 138 Å². The van der Waals surface area contributed by atoms with Crippen LogP contribution in [0.3, 0.4) is 0 Å². The number of aliphatic imine (C=N–C) groups is 1. The van der Waals surface area contributed by atoms with Crippen molar-refractivity contribution in [1.29, 1.82) is 0 Å². The number of para-hydroxylation sites is 1. The van der Waals surface area contributed by atoms with Crippen molar-refractivity contribution in [2.24, 2.45) is 4.99 Å². The molecule has 0 amide bonds. The van der Waals surface area contributed by atoms with E-state index in [1.54, 1.807) is 0 Å². The summed E-state index contributed by atoms with van der Waals surface area (Å²) in [6.45, 7) is 3.82. The number of aromatic nitrogens is 4. The summed E-state index contributed by atoms with van der Waals surface area (Å²) in [5.74, 6) is 0.788. The molecule has 1 saturated heterocycles. The van der Waals surface area contributed by atoms with E-state index < -0.39 is 30.6 Å². The molecular formula is C22H24N6O4. The normalized spacial score (nSPS) is 28.8. The van der Waals surface area contributed by atoms with E-state index in [1.807, 2.05) is 24.4 Å². The Bertz CT molecular complexity index is 1180. The van der Waals surface area contributed by atoms with Gasteiger partial charge in [0.1, 0.15) is 18.5 Å². The minimum Gasteiger partial charge on any atom is -0.394 e. The van der Waals surface area contributed by atoms with Gasteiger partial charge in [0, 0.05) is 18.7 Å². The van der Waals surface area contributed by atoms with Crippen LogP contribution in [0.15, 0.2) is 54.6 Å². The van der Waals surface area contributed by atoms with Gasteiger partial charge in [0.25, 0.3) is 0 Å². The van der Waals surface area contributed by atoms with E-state index in [4.69, 9.17) is 4.74 Å². The van der Waals surface area contributed by atoms with Gasteiger partial charge >= 0.3 is 0 Å². The number of anilines is 1. The molecule has 1 fully saturated rings. The monoisotopic (exact) mass is 436 g/mol. The molecule has 0 bridgehead atoms. The van der Waals surface area contributed by atoms with Gasteiger partial charge in [0.2, 0.25) is 0 Å². The predicted octanol–water partition coefficient (Wildman–Crippen LogP) is 1.30. The number of rotatable bonds is 7. The summed E-state index contributed by atoms with van der Waals surface area (Å²) in [5.41, 5.74) is 1.34. The molecule has 1 aromatic carbocycles.